The van der Waals surface area contributed by atoms with E-state index < -0.39 is 12.1 Å². The molecular formula is C16H25N3O2. The van der Waals surface area contributed by atoms with Gasteiger partial charge in [0.15, 0.2) is 0 Å². The van der Waals surface area contributed by atoms with E-state index >= 15 is 0 Å². The van der Waals surface area contributed by atoms with Gasteiger partial charge in [-0.05, 0) is 24.8 Å². The first kappa shape index (κ1) is 17.2. The summed E-state index contributed by atoms with van der Waals surface area (Å²) >= 11 is 0. The lowest BCUT2D eigenvalue weighted by Crippen LogP contribution is -2.51. The van der Waals surface area contributed by atoms with Crippen LogP contribution in [0.3, 0.4) is 0 Å². The lowest BCUT2D eigenvalue weighted by molar-refractivity contribution is -0.129. The third-order valence-corrected chi connectivity index (χ3v) is 3.07. The van der Waals surface area contributed by atoms with E-state index in [4.69, 9.17) is 5.73 Å². The van der Waals surface area contributed by atoms with E-state index in [1.165, 1.54) is 0 Å². The highest BCUT2D eigenvalue weighted by molar-refractivity contribution is 5.89. The number of nitrogens with one attached hydrogen (secondary N) is 2. The Balaban J connectivity index is 2.42. The minimum Gasteiger partial charge on any atom is -0.354 e. The van der Waals surface area contributed by atoms with Crippen LogP contribution in [-0.2, 0) is 16.0 Å². The molecule has 0 fully saturated rings. The molecule has 21 heavy (non-hydrogen) atoms. The van der Waals surface area contributed by atoms with Gasteiger partial charge in [0.1, 0.15) is 6.04 Å². The third kappa shape index (κ3) is 6.40. The van der Waals surface area contributed by atoms with Gasteiger partial charge < -0.3 is 16.4 Å². The first-order valence-corrected chi connectivity index (χ1v) is 7.27. The summed E-state index contributed by atoms with van der Waals surface area (Å²) in [6.45, 7) is 6.27. The zero-order valence-corrected chi connectivity index (χ0v) is 12.9. The van der Waals surface area contributed by atoms with Crippen LogP contribution in [0.15, 0.2) is 30.3 Å². The quantitative estimate of drug-likeness (QED) is 0.696. The van der Waals surface area contributed by atoms with Crippen LogP contribution in [0.4, 0.5) is 0 Å². The van der Waals surface area contributed by atoms with Crippen molar-refractivity contribution in [2.24, 2.45) is 11.7 Å². The van der Waals surface area contributed by atoms with Crippen LogP contribution in [0, 0.1) is 5.92 Å². The number of amides is 2. The number of carbonyl (C=O) groups is 2. The van der Waals surface area contributed by atoms with Gasteiger partial charge in [-0.2, -0.15) is 0 Å². The van der Waals surface area contributed by atoms with Crippen LogP contribution in [0.1, 0.15) is 26.3 Å². The Morgan fingerprint density at radius 2 is 1.71 bits per heavy atom. The maximum Gasteiger partial charge on any atom is 0.242 e. The van der Waals surface area contributed by atoms with Gasteiger partial charge in [-0.1, -0.05) is 44.2 Å². The fourth-order valence-corrected chi connectivity index (χ4v) is 1.80. The highest BCUT2D eigenvalue weighted by Crippen LogP contribution is 2.02. The number of benzene rings is 1. The fourth-order valence-electron chi connectivity index (χ4n) is 1.80. The first-order chi connectivity index (χ1) is 9.90. The Bertz CT molecular complexity index is 460. The second-order valence-corrected chi connectivity index (χ2v) is 5.67. The maximum atomic E-state index is 12.0. The normalized spacial score (nSPS) is 13.6. The Kier molecular flexibility index (Phi) is 6.88. The number of nitrogens with two attached hydrogens (primary N) is 1. The fraction of sp³-hybridized carbons (Fsp3) is 0.500. The Morgan fingerprint density at radius 1 is 1.10 bits per heavy atom. The van der Waals surface area contributed by atoms with Gasteiger partial charge in [0.05, 0.1) is 6.04 Å². The van der Waals surface area contributed by atoms with E-state index in [0.29, 0.717) is 18.9 Å². The molecule has 0 saturated carbocycles. The van der Waals surface area contributed by atoms with Gasteiger partial charge in [-0.25, -0.2) is 0 Å². The summed E-state index contributed by atoms with van der Waals surface area (Å²) in [5.41, 5.74) is 6.87. The van der Waals surface area contributed by atoms with Crippen LogP contribution in [0.2, 0.25) is 0 Å². The molecule has 116 valence electrons. The summed E-state index contributed by atoms with van der Waals surface area (Å²) in [4.78, 5) is 23.8. The molecule has 1 unspecified atom stereocenters. The van der Waals surface area contributed by atoms with Crippen molar-refractivity contribution in [2.45, 2.75) is 39.3 Å². The highest BCUT2D eigenvalue weighted by atomic mass is 16.2. The molecule has 1 aromatic rings. The summed E-state index contributed by atoms with van der Waals surface area (Å²) in [6.07, 6.45) is 0.451. The average molecular weight is 291 g/mol. The molecule has 0 heterocycles. The summed E-state index contributed by atoms with van der Waals surface area (Å²) in [6, 6.07) is 8.32. The first-order valence-electron chi connectivity index (χ1n) is 7.27. The molecule has 0 aliphatic carbocycles. The molecule has 2 amide bonds. The van der Waals surface area contributed by atoms with Gasteiger partial charge >= 0.3 is 0 Å². The van der Waals surface area contributed by atoms with E-state index in [0.717, 1.165) is 5.56 Å². The van der Waals surface area contributed by atoms with Crippen LogP contribution in [-0.4, -0.2) is 30.4 Å². The smallest absolute Gasteiger partial charge is 0.242 e. The van der Waals surface area contributed by atoms with Gasteiger partial charge in [0.2, 0.25) is 11.8 Å². The SMILES string of the molecule is CC(C)CNC(=O)C(C)NC(=O)[C@@H](N)Cc1ccccc1. The van der Waals surface area contributed by atoms with Gasteiger partial charge in [0.25, 0.3) is 0 Å². The molecule has 2 atom stereocenters. The van der Waals surface area contributed by atoms with Crippen LogP contribution in [0.25, 0.3) is 0 Å². The molecule has 1 aromatic carbocycles. The topological polar surface area (TPSA) is 84.2 Å². The van der Waals surface area contributed by atoms with Crippen LogP contribution in [0.5, 0.6) is 0 Å². The maximum absolute atomic E-state index is 12.0. The standard InChI is InChI=1S/C16H25N3O2/c1-11(2)10-18-15(20)12(3)19-16(21)14(17)9-13-7-5-4-6-8-13/h4-8,11-12,14H,9-10,17H2,1-3H3,(H,18,20)(H,19,21)/t12?,14-/m0/s1. The van der Waals surface area contributed by atoms with Crippen molar-refractivity contribution in [1.29, 1.82) is 0 Å². The molecule has 5 heteroatoms. The Morgan fingerprint density at radius 3 is 2.29 bits per heavy atom. The second-order valence-electron chi connectivity index (χ2n) is 5.67. The molecule has 0 radical (unpaired) electrons. The predicted octanol–water partition coefficient (Wildman–Crippen LogP) is 0.833. The van der Waals surface area contributed by atoms with Crippen molar-refractivity contribution in [3.63, 3.8) is 0 Å². The lowest BCUT2D eigenvalue weighted by atomic mass is 10.1. The Labute approximate surface area is 126 Å². The van der Waals surface area contributed by atoms with Crippen molar-refractivity contribution in [2.75, 3.05) is 6.54 Å². The van der Waals surface area contributed by atoms with Crippen molar-refractivity contribution in [3.8, 4) is 0 Å². The van der Waals surface area contributed by atoms with Crippen molar-refractivity contribution in [1.82, 2.24) is 10.6 Å². The van der Waals surface area contributed by atoms with Crippen molar-refractivity contribution < 1.29 is 9.59 Å². The third-order valence-electron chi connectivity index (χ3n) is 3.07. The molecule has 5 nitrogen and oxygen atoms in total. The largest absolute Gasteiger partial charge is 0.354 e. The van der Waals surface area contributed by atoms with Gasteiger partial charge in [-0.3, -0.25) is 9.59 Å². The molecule has 0 saturated heterocycles. The minimum atomic E-state index is -0.659. The number of hydrogen-bond donors (Lipinski definition) is 3. The minimum absolute atomic E-state index is 0.191. The van der Waals surface area contributed by atoms with E-state index in [1.54, 1.807) is 6.92 Å². The molecule has 1 rings (SSSR count). The average Bonchev–Trinajstić information content (AvgIpc) is 2.45. The van der Waals surface area contributed by atoms with Gasteiger partial charge in [-0.15, -0.1) is 0 Å². The zero-order chi connectivity index (χ0) is 15.8. The Hall–Kier alpha value is -1.88. The van der Waals surface area contributed by atoms with Crippen molar-refractivity contribution in [3.05, 3.63) is 35.9 Å². The van der Waals surface area contributed by atoms with Crippen LogP contribution >= 0.6 is 0 Å². The summed E-state index contributed by atoms with van der Waals surface area (Å²) in [5, 5.41) is 5.43. The highest BCUT2D eigenvalue weighted by Gasteiger charge is 2.20. The van der Waals surface area contributed by atoms with Gasteiger partial charge in [0, 0.05) is 6.54 Å². The van der Waals surface area contributed by atoms with E-state index in [1.807, 2.05) is 44.2 Å². The van der Waals surface area contributed by atoms with Crippen LogP contribution < -0.4 is 16.4 Å². The van der Waals surface area contributed by atoms with E-state index in [2.05, 4.69) is 10.6 Å². The zero-order valence-electron chi connectivity index (χ0n) is 12.9. The monoisotopic (exact) mass is 291 g/mol. The molecule has 0 aromatic heterocycles. The molecule has 0 bridgehead atoms. The number of hydrogen-bond acceptors (Lipinski definition) is 3. The van der Waals surface area contributed by atoms with E-state index in [9.17, 15) is 9.59 Å². The second kappa shape index (κ2) is 8.42. The molecule has 0 aliphatic rings. The summed E-state index contributed by atoms with van der Waals surface area (Å²) < 4.78 is 0. The summed E-state index contributed by atoms with van der Waals surface area (Å²) in [7, 11) is 0. The summed E-state index contributed by atoms with van der Waals surface area (Å²) in [5.74, 6) is -0.132. The molecule has 0 spiro atoms. The number of carbonyl (C=O) groups excluding carboxylic acids is 2. The molecule has 4 N–H and O–H groups in total. The molecule has 0 aliphatic heterocycles. The molecular weight excluding hydrogens is 266 g/mol. The van der Waals surface area contributed by atoms with Crippen molar-refractivity contribution >= 4 is 11.8 Å². The van der Waals surface area contributed by atoms with E-state index in [-0.39, 0.29) is 11.8 Å². The predicted molar refractivity (Wildman–Crippen MR) is 83.6 cm³/mol. The number of rotatable bonds is 7. The lowest BCUT2D eigenvalue weighted by Gasteiger charge is -2.18.